The molecule has 0 heteroatoms. The third-order valence-electron chi connectivity index (χ3n) is 1.64. The summed E-state index contributed by atoms with van der Waals surface area (Å²) in [6.07, 6.45) is 1.15. The van der Waals surface area contributed by atoms with Gasteiger partial charge < -0.3 is 0 Å². The summed E-state index contributed by atoms with van der Waals surface area (Å²) in [6, 6.07) is 8.49. The Balaban J connectivity index is -0.0000000910. The van der Waals surface area contributed by atoms with Crippen molar-refractivity contribution in [1.82, 2.24) is 0 Å². The van der Waals surface area contributed by atoms with Gasteiger partial charge in [-0.25, -0.2) is 0 Å². The molecule has 0 spiro atoms. The van der Waals surface area contributed by atoms with Gasteiger partial charge in [-0.2, -0.15) is 0 Å². The molecule has 1 aromatic rings. The van der Waals surface area contributed by atoms with Crippen LogP contribution < -0.4 is 0 Å². The van der Waals surface area contributed by atoms with E-state index in [9.17, 15) is 0 Å². The molecule has 0 fully saturated rings. The maximum atomic E-state index is 2.18. The van der Waals surface area contributed by atoms with E-state index in [1.54, 1.807) is 0 Å². The Hall–Kier alpha value is -0.780. The van der Waals surface area contributed by atoms with Crippen LogP contribution in [0, 0.1) is 6.92 Å². The number of hydrogen-bond donors (Lipinski definition) is 0. The molecule has 0 aromatic heterocycles. The SMILES string of the molecule is C.C.CC.CC.CCc1ccccc1C. The summed E-state index contributed by atoms with van der Waals surface area (Å²) in [7, 11) is 0. The Bertz CT molecular complexity index is 189. The molecular formula is C15H32. The molecule has 0 N–H and O–H groups in total. The van der Waals surface area contributed by atoms with Gasteiger partial charge in [0.05, 0.1) is 0 Å². The molecule has 0 bridgehead atoms. The average molecular weight is 212 g/mol. The van der Waals surface area contributed by atoms with E-state index in [1.165, 1.54) is 11.1 Å². The van der Waals surface area contributed by atoms with Crippen molar-refractivity contribution in [2.24, 2.45) is 0 Å². The van der Waals surface area contributed by atoms with E-state index in [-0.39, 0.29) is 14.9 Å². The third kappa shape index (κ3) is 11.1. The van der Waals surface area contributed by atoms with Gasteiger partial charge in [0.2, 0.25) is 0 Å². The molecule has 0 unspecified atom stereocenters. The van der Waals surface area contributed by atoms with E-state index in [2.05, 4.69) is 38.1 Å². The summed E-state index contributed by atoms with van der Waals surface area (Å²) < 4.78 is 0. The molecule has 0 aliphatic heterocycles. The second kappa shape index (κ2) is 18.9. The van der Waals surface area contributed by atoms with E-state index in [0.717, 1.165) is 6.42 Å². The molecule has 15 heavy (non-hydrogen) atoms. The second-order valence-corrected chi connectivity index (χ2v) is 2.28. The van der Waals surface area contributed by atoms with E-state index >= 15 is 0 Å². The van der Waals surface area contributed by atoms with E-state index < -0.39 is 0 Å². The lowest BCUT2D eigenvalue weighted by Crippen LogP contribution is -1.82. The summed E-state index contributed by atoms with van der Waals surface area (Å²) in [5, 5.41) is 0. The highest BCUT2D eigenvalue weighted by molar-refractivity contribution is 5.24. The quantitative estimate of drug-likeness (QED) is 0.545. The topological polar surface area (TPSA) is 0 Å². The van der Waals surface area contributed by atoms with Crippen molar-refractivity contribution in [3.63, 3.8) is 0 Å². The van der Waals surface area contributed by atoms with Crippen molar-refractivity contribution in [1.29, 1.82) is 0 Å². The van der Waals surface area contributed by atoms with Gasteiger partial charge in [0, 0.05) is 0 Å². The maximum absolute atomic E-state index is 2.18. The smallest absolute Gasteiger partial charge is 0.0305 e. The average Bonchev–Trinajstić information content (AvgIpc) is 2.24. The Morgan fingerprint density at radius 3 is 1.53 bits per heavy atom. The Kier molecular flexibility index (Phi) is 30.0. The van der Waals surface area contributed by atoms with Gasteiger partial charge in [-0.05, 0) is 24.5 Å². The fourth-order valence-corrected chi connectivity index (χ4v) is 1.01. The van der Waals surface area contributed by atoms with Gasteiger partial charge in [0.1, 0.15) is 0 Å². The zero-order chi connectivity index (χ0) is 10.7. The summed E-state index contributed by atoms with van der Waals surface area (Å²) in [4.78, 5) is 0. The minimum atomic E-state index is 0. The van der Waals surface area contributed by atoms with Crippen molar-refractivity contribution >= 4 is 0 Å². The van der Waals surface area contributed by atoms with Crippen molar-refractivity contribution in [3.05, 3.63) is 35.4 Å². The van der Waals surface area contributed by atoms with Crippen LogP contribution >= 0.6 is 0 Å². The van der Waals surface area contributed by atoms with Crippen molar-refractivity contribution in [2.75, 3.05) is 0 Å². The van der Waals surface area contributed by atoms with Crippen LogP contribution in [0.25, 0.3) is 0 Å². The van der Waals surface area contributed by atoms with Gasteiger partial charge in [-0.15, -0.1) is 0 Å². The molecule has 1 aromatic carbocycles. The first kappa shape index (κ1) is 23.8. The van der Waals surface area contributed by atoms with Gasteiger partial charge in [0.15, 0.2) is 0 Å². The lowest BCUT2D eigenvalue weighted by atomic mass is 10.1. The fourth-order valence-electron chi connectivity index (χ4n) is 1.01. The first-order chi connectivity index (χ1) is 6.34. The number of hydrogen-bond acceptors (Lipinski definition) is 0. The minimum Gasteiger partial charge on any atom is -0.0776 e. The monoisotopic (exact) mass is 212 g/mol. The highest BCUT2D eigenvalue weighted by Gasteiger charge is 1.89. The highest BCUT2D eigenvalue weighted by atomic mass is 13.9. The molecule has 0 aliphatic rings. The molecular weight excluding hydrogens is 180 g/mol. The van der Waals surface area contributed by atoms with Gasteiger partial charge in [-0.3, -0.25) is 0 Å². The maximum Gasteiger partial charge on any atom is -0.0305 e. The van der Waals surface area contributed by atoms with Crippen LogP contribution in [0.2, 0.25) is 0 Å². The summed E-state index contributed by atoms with van der Waals surface area (Å²) in [5.41, 5.74) is 2.86. The fraction of sp³-hybridized carbons (Fsp3) is 0.600. The lowest BCUT2D eigenvalue weighted by Gasteiger charge is -1.98. The van der Waals surface area contributed by atoms with Crippen LogP contribution in [-0.2, 0) is 6.42 Å². The second-order valence-electron chi connectivity index (χ2n) is 2.28. The molecule has 1 rings (SSSR count). The molecule has 0 atom stereocenters. The van der Waals surface area contributed by atoms with Crippen LogP contribution in [0.4, 0.5) is 0 Å². The van der Waals surface area contributed by atoms with Crippen LogP contribution in [-0.4, -0.2) is 0 Å². The number of rotatable bonds is 1. The molecule has 0 heterocycles. The third-order valence-corrected chi connectivity index (χ3v) is 1.64. The van der Waals surface area contributed by atoms with Crippen LogP contribution in [0.3, 0.4) is 0 Å². The van der Waals surface area contributed by atoms with Crippen LogP contribution in [0.1, 0.15) is 60.6 Å². The number of benzene rings is 1. The van der Waals surface area contributed by atoms with E-state index in [1.807, 2.05) is 27.7 Å². The molecule has 0 radical (unpaired) electrons. The first-order valence-corrected chi connectivity index (χ1v) is 5.39. The molecule has 0 nitrogen and oxygen atoms in total. The zero-order valence-corrected chi connectivity index (χ0v) is 10.0. The van der Waals surface area contributed by atoms with E-state index in [0.29, 0.717) is 0 Å². The molecule has 0 aliphatic carbocycles. The minimum absolute atomic E-state index is 0. The van der Waals surface area contributed by atoms with Gasteiger partial charge in [-0.1, -0.05) is 73.7 Å². The lowest BCUT2D eigenvalue weighted by molar-refractivity contribution is 1.11. The predicted octanol–water partition coefficient (Wildman–Crippen LogP) is 5.88. The summed E-state index contributed by atoms with van der Waals surface area (Å²) in [5.74, 6) is 0. The highest BCUT2D eigenvalue weighted by Crippen LogP contribution is 2.06. The zero-order valence-electron chi connectivity index (χ0n) is 10.0. The Morgan fingerprint density at radius 2 is 1.27 bits per heavy atom. The van der Waals surface area contributed by atoms with E-state index in [4.69, 9.17) is 0 Å². The van der Waals surface area contributed by atoms with Crippen LogP contribution in [0.15, 0.2) is 24.3 Å². The van der Waals surface area contributed by atoms with Crippen molar-refractivity contribution in [3.8, 4) is 0 Å². The predicted molar refractivity (Wildman–Crippen MR) is 76.7 cm³/mol. The summed E-state index contributed by atoms with van der Waals surface area (Å²) in [6.45, 7) is 12.3. The van der Waals surface area contributed by atoms with Crippen molar-refractivity contribution in [2.45, 2.75) is 62.8 Å². The molecule has 92 valence electrons. The normalized spacial score (nSPS) is 6.53. The molecule has 0 saturated carbocycles. The molecule has 0 saturated heterocycles. The Morgan fingerprint density at radius 1 is 0.867 bits per heavy atom. The van der Waals surface area contributed by atoms with Gasteiger partial charge in [0.25, 0.3) is 0 Å². The Labute approximate surface area is 98.7 Å². The summed E-state index contributed by atoms with van der Waals surface area (Å²) >= 11 is 0. The standard InChI is InChI=1S/C9H12.2C2H6.2CH4/c1-3-9-7-5-4-6-8(9)2;2*1-2;;/h4-7H,3H2,1-2H3;2*1-2H3;2*1H4. The first-order valence-electron chi connectivity index (χ1n) is 5.39. The largest absolute Gasteiger partial charge is 0.0776 e. The van der Waals surface area contributed by atoms with Crippen molar-refractivity contribution < 1.29 is 0 Å². The molecule has 0 amide bonds. The van der Waals surface area contributed by atoms with Crippen LogP contribution in [0.5, 0.6) is 0 Å². The van der Waals surface area contributed by atoms with Gasteiger partial charge >= 0.3 is 0 Å². The number of aryl methyl sites for hydroxylation is 2.